The molecule has 0 unspecified atom stereocenters. The number of carbonyl (C=O) groups excluding carboxylic acids is 1. The highest BCUT2D eigenvalue weighted by atomic mass is 35.5. The van der Waals surface area contributed by atoms with Crippen LogP contribution in [-0.2, 0) is 0 Å². The van der Waals surface area contributed by atoms with Crippen molar-refractivity contribution in [1.29, 1.82) is 0 Å². The van der Waals surface area contributed by atoms with Crippen LogP contribution < -0.4 is 4.90 Å². The molecule has 9 heteroatoms. The minimum absolute atomic E-state index is 0. The molecule has 0 spiro atoms. The molecule has 3 rings (SSSR count). The lowest BCUT2D eigenvalue weighted by Crippen LogP contribution is -2.47. The molecule has 0 radical (unpaired) electrons. The maximum atomic E-state index is 12.7. The molecular weight excluding hydrogens is 356 g/mol. The van der Waals surface area contributed by atoms with Gasteiger partial charge in [-0.15, -0.1) is 12.4 Å². The van der Waals surface area contributed by atoms with Crippen LogP contribution in [0.5, 0.6) is 0 Å². The van der Waals surface area contributed by atoms with Gasteiger partial charge in [0.1, 0.15) is 6.33 Å². The molecule has 2 aromatic rings. The largest absolute Gasteiger partial charge is 0.336 e. The lowest BCUT2D eigenvalue weighted by Gasteiger charge is -2.37. The molecule has 1 aliphatic rings. The summed E-state index contributed by atoms with van der Waals surface area (Å²) in [5, 5.41) is 4.02. The minimum Gasteiger partial charge on any atom is -0.336 e. The molecule has 1 aliphatic heterocycles. The Labute approximate surface area is 159 Å². The van der Waals surface area contributed by atoms with Gasteiger partial charge in [0, 0.05) is 44.0 Å². The van der Waals surface area contributed by atoms with Gasteiger partial charge < -0.3 is 14.3 Å². The number of hydrogen-bond donors (Lipinski definition) is 0. The topological polar surface area (TPSA) is 88.3 Å². The summed E-state index contributed by atoms with van der Waals surface area (Å²) >= 11 is 0. The second kappa shape index (κ2) is 8.93. The van der Waals surface area contributed by atoms with Crippen LogP contribution in [0.15, 0.2) is 23.2 Å². The summed E-state index contributed by atoms with van der Waals surface area (Å²) in [4.78, 5) is 29.0. The Bertz CT molecular complexity index is 700. The number of amides is 1. The van der Waals surface area contributed by atoms with Gasteiger partial charge in [0.2, 0.25) is 0 Å². The van der Waals surface area contributed by atoms with Gasteiger partial charge in [0.25, 0.3) is 5.91 Å². The minimum atomic E-state index is -0.0126. The van der Waals surface area contributed by atoms with Crippen molar-refractivity contribution >= 4 is 24.3 Å². The van der Waals surface area contributed by atoms with E-state index >= 15 is 0 Å². The van der Waals surface area contributed by atoms with E-state index in [1.165, 1.54) is 6.33 Å². The molecule has 0 N–H and O–H groups in total. The number of anilines is 1. The number of rotatable bonds is 5. The Kier molecular flexibility index (Phi) is 6.90. The van der Waals surface area contributed by atoms with Gasteiger partial charge in [0.15, 0.2) is 5.82 Å². The van der Waals surface area contributed by atoms with Crippen LogP contribution in [-0.4, -0.2) is 56.6 Å². The molecule has 8 nitrogen and oxygen atoms in total. The lowest BCUT2D eigenvalue weighted by molar-refractivity contribution is 0.0661. The first kappa shape index (κ1) is 20.1. The average Bonchev–Trinajstić information content (AvgIpc) is 3.14. The second-order valence-electron chi connectivity index (χ2n) is 6.53. The fourth-order valence-corrected chi connectivity index (χ4v) is 3.10. The normalized spacial score (nSPS) is 15.0. The molecule has 0 aromatic carbocycles. The summed E-state index contributed by atoms with van der Waals surface area (Å²) in [6, 6.07) is 0.773. The van der Waals surface area contributed by atoms with Gasteiger partial charge in [-0.3, -0.25) is 4.79 Å². The zero-order valence-electron chi connectivity index (χ0n) is 15.3. The average molecular weight is 381 g/mol. The molecular formula is C17H25ClN6O2. The van der Waals surface area contributed by atoms with Crippen LogP contribution in [0, 0.1) is 0 Å². The fourth-order valence-electron chi connectivity index (χ4n) is 3.10. The van der Waals surface area contributed by atoms with Crippen molar-refractivity contribution in [2.45, 2.75) is 45.6 Å². The summed E-state index contributed by atoms with van der Waals surface area (Å²) < 4.78 is 5.37. The van der Waals surface area contributed by atoms with Gasteiger partial charge in [-0.25, -0.2) is 9.97 Å². The highest BCUT2D eigenvalue weighted by molar-refractivity contribution is 5.93. The zero-order chi connectivity index (χ0) is 17.8. The molecule has 0 atom stereocenters. The first-order valence-corrected chi connectivity index (χ1v) is 8.74. The van der Waals surface area contributed by atoms with Crippen LogP contribution in [0.1, 0.15) is 55.7 Å². The summed E-state index contributed by atoms with van der Waals surface area (Å²) in [5.74, 6) is 0.962. The molecule has 1 saturated heterocycles. The first-order valence-electron chi connectivity index (χ1n) is 8.74. The Morgan fingerprint density at radius 3 is 2.50 bits per heavy atom. The van der Waals surface area contributed by atoms with Gasteiger partial charge in [0.05, 0.1) is 5.56 Å². The number of carbonyl (C=O) groups is 1. The number of halogens is 1. The Morgan fingerprint density at radius 1 is 1.31 bits per heavy atom. The predicted molar refractivity (Wildman–Crippen MR) is 99.6 cm³/mol. The van der Waals surface area contributed by atoms with Crippen LogP contribution >= 0.6 is 12.4 Å². The van der Waals surface area contributed by atoms with Gasteiger partial charge >= 0.3 is 6.01 Å². The molecule has 2 aromatic heterocycles. The zero-order valence-corrected chi connectivity index (χ0v) is 16.1. The molecule has 1 fully saturated rings. The molecule has 1 amide bonds. The molecule has 142 valence electrons. The number of aromatic nitrogens is 4. The van der Waals surface area contributed by atoms with Gasteiger partial charge in [-0.2, -0.15) is 4.98 Å². The van der Waals surface area contributed by atoms with Crippen molar-refractivity contribution < 1.29 is 9.32 Å². The Balaban J connectivity index is 0.00000243. The molecule has 0 bridgehead atoms. The SMILES string of the molecule is CCN(C(=O)c1cncnc1)C1CCN(c2nc(C(C)C)no2)CC1.Cl. The quantitative estimate of drug-likeness (QED) is 0.787. The van der Waals surface area contributed by atoms with Crippen molar-refractivity contribution in [3.8, 4) is 0 Å². The van der Waals surface area contributed by atoms with Gasteiger partial charge in [-0.05, 0) is 19.8 Å². The summed E-state index contributed by atoms with van der Waals surface area (Å²) in [7, 11) is 0. The van der Waals surface area contributed by atoms with Crippen LogP contribution in [0.4, 0.5) is 6.01 Å². The number of hydrogen-bond acceptors (Lipinski definition) is 7. The van der Waals surface area contributed by atoms with E-state index in [-0.39, 0.29) is 30.3 Å². The van der Waals surface area contributed by atoms with Crippen LogP contribution in [0.3, 0.4) is 0 Å². The molecule has 0 saturated carbocycles. The highest BCUT2D eigenvalue weighted by Gasteiger charge is 2.29. The third kappa shape index (κ3) is 4.30. The Morgan fingerprint density at radius 2 is 1.96 bits per heavy atom. The number of piperidine rings is 1. The van der Waals surface area contributed by atoms with E-state index in [2.05, 4.69) is 25.0 Å². The fraction of sp³-hybridized carbons (Fsp3) is 0.588. The smallest absolute Gasteiger partial charge is 0.324 e. The number of nitrogens with zero attached hydrogens (tertiary/aromatic N) is 6. The second-order valence-corrected chi connectivity index (χ2v) is 6.53. The monoisotopic (exact) mass is 380 g/mol. The maximum Gasteiger partial charge on any atom is 0.324 e. The third-order valence-corrected chi connectivity index (χ3v) is 4.53. The third-order valence-electron chi connectivity index (χ3n) is 4.53. The van der Waals surface area contributed by atoms with Crippen molar-refractivity contribution in [3.63, 3.8) is 0 Å². The predicted octanol–water partition coefficient (Wildman–Crippen LogP) is 2.54. The van der Waals surface area contributed by atoms with Crippen molar-refractivity contribution in [2.75, 3.05) is 24.5 Å². The molecule has 26 heavy (non-hydrogen) atoms. The van der Waals surface area contributed by atoms with Crippen molar-refractivity contribution in [1.82, 2.24) is 25.0 Å². The van der Waals surface area contributed by atoms with Crippen LogP contribution in [0.25, 0.3) is 0 Å². The van der Waals surface area contributed by atoms with E-state index in [0.29, 0.717) is 18.1 Å². The van der Waals surface area contributed by atoms with Crippen LogP contribution in [0.2, 0.25) is 0 Å². The molecule has 0 aliphatic carbocycles. The van der Waals surface area contributed by atoms with E-state index in [1.54, 1.807) is 12.4 Å². The maximum absolute atomic E-state index is 12.7. The summed E-state index contributed by atoms with van der Waals surface area (Å²) in [5.41, 5.74) is 0.533. The van der Waals surface area contributed by atoms with Crippen molar-refractivity contribution in [2.24, 2.45) is 0 Å². The van der Waals surface area contributed by atoms with E-state index in [1.807, 2.05) is 25.7 Å². The standard InChI is InChI=1S/C17H24N6O2.ClH/c1-4-23(16(24)13-9-18-11-19-10-13)14-5-7-22(8-6-14)17-20-15(12(2)3)21-25-17;/h9-12,14H,4-8H2,1-3H3;1H. The Hall–Kier alpha value is -2.22. The van der Waals surface area contributed by atoms with E-state index in [0.717, 1.165) is 31.8 Å². The van der Waals surface area contributed by atoms with E-state index in [4.69, 9.17) is 4.52 Å². The lowest BCUT2D eigenvalue weighted by atomic mass is 10.0. The van der Waals surface area contributed by atoms with Gasteiger partial charge in [-0.1, -0.05) is 19.0 Å². The highest BCUT2D eigenvalue weighted by Crippen LogP contribution is 2.23. The summed E-state index contributed by atoms with van der Waals surface area (Å²) in [6.07, 6.45) is 6.30. The van der Waals surface area contributed by atoms with E-state index < -0.39 is 0 Å². The van der Waals surface area contributed by atoms with E-state index in [9.17, 15) is 4.79 Å². The van der Waals surface area contributed by atoms with Crippen molar-refractivity contribution in [3.05, 3.63) is 30.1 Å². The first-order chi connectivity index (χ1) is 12.1. The molecule has 3 heterocycles. The summed E-state index contributed by atoms with van der Waals surface area (Å²) in [6.45, 7) is 8.33.